The molecule has 0 radical (unpaired) electrons. The molecule has 0 heterocycles. The molecule has 192 valence electrons. The Hall–Kier alpha value is -2.75. The number of hydrogen-bond acceptors (Lipinski definition) is 1. The van der Waals surface area contributed by atoms with Crippen LogP contribution in [0.15, 0.2) is 54.6 Å². The van der Waals surface area contributed by atoms with Gasteiger partial charge in [0.2, 0.25) is 0 Å². The molecular formula is C32H37F3O. The molecule has 0 aromatic heterocycles. The van der Waals surface area contributed by atoms with Crippen molar-refractivity contribution >= 4 is 0 Å². The highest BCUT2D eigenvalue weighted by molar-refractivity contribution is 5.65. The monoisotopic (exact) mass is 494 g/mol. The highest BCUT2D eigenvalue weighted by Crippen LogP contribution is 2.40. The van der Waals surface area contributed by atoms with Gasteiger partial charge in [0.05, 0.1) is 0 Å². The summed E-state index contributed by atoms with van der Waals surface area (Å²) in [6, 6.07) is 15.7. The van der Waals surface area contributed by atoms with Gasteiger partial charge in [0.1, 0.15) is 18.2 Å². The van der Waals surface area contributed by atoms with E-state index in [2.05, 4.69) is 13.8 Å². The van der Waals surface area contributed by atoms with Gasteiger partial charge >= 0.3 is 0 Å². The summed E-state index contributed by atoms with van der Waals surface area (Å²) in [7, 11) is 0. The summed E-state index contributed by atoms with van der Waals surface area (Å²) in [5.74, 6) is -0.415. The second kappa shape index (κ2) is 12.5. The zero-order chi connectivity index (χ0) is 25.5. The average molecular weight is 495 g/mol. The lowest BCUT2D eigenvalue weighted by Crippen LogP contribution is -2.15. The van der Waals surface area contributed by atoms with Gasteiger partial charge in [-0.2, -0.15) is 0 Å². The van der Waals surface area contributed by atoms with E-state index in [9.17, 15) is 4.39 Å². The van der Waals surface area contributed by atoms with Crippen molar-refractivity contribution in [1.29, 1.82) is 0 Å². The van der Waals surface area contributed by atoms with E-state index in [0.717, 1.165) is 56.4 Å². The van der Waals surface area contributed by atoms with Crippen molar-refractivity contribution in [2.45, 2.75) is 84.2 Å². The first-order chi connectivity index (χ1) is 17.5. The molecule has 1 saturated carbocycles. The minimum Gasteiger partial charge on any atom is -0.489 e. The third-order valence-electron chi connectivity index (χ3n) is 7.59. The van der Waals surface area contributed by atoms with Crippen LogP contribution in [0.3, 0.4) is 0 Å². The summed E-state index contributed by atoms with van der Waals surface area (Å²) in [5, 5.41) is 0. The Morgan fingerprint density at radius 2 is 1.56 bits per heavy atom. The maximum atomic E-state index is 15.1. The molecule has 0 aliphatic heterocycles. The van der Waals surface area contributed by atoms with Gasteiger partial charge in [-0.15, -0.1) is 0 Å². The highest BCUT2D eigenvalue weighted by atomic mass is 19.2. The van der Waals surface area contributed by atoms with Crippen molar-refractivity contribution in [3.05, 3.63) is 88.7 Å². The summed E-state index contributed by atoms with van der Waals surface area (Å²) >= 11 is 0. The van der Waals surface area contributed by atoms with E-state index in [1.54, 1.807) is 36.4 Å². The van der Waals surface area contributed by atoms with Crippen LogP contribution >= 0.6 is 0 Å². The highest BCUT2D eigenvalue weighted by Gasteiger charge is 2.26. The molecule has 0 atom stereocenters. The first kappa shape index (κ1) is 26.3. The van der Waals surface area contributed by atoms with Crippen LogP contribution in [0.4, 0.5) is 13.2 Å². The molecule has 3 aromatic rings. The van der Waals surface area contributed by atoms with Gasteiger partial charge in [0.25, 0.3) is 0 Å². The predicted octanol–water partition coefficient (Wildman–Crippen LogP) is 9.77. The topological polar surface area (TPSA) is 9.23 Å². The maximum Gasteiger partial charge on any atom is 0.166 e. The smallest absolute Gasteiger partial charge is 0.166 e. The van der Waals surface area contributed by atoms with E-state index >= 15 is 8.78 Å². The molecule has 1 aliphatic carbocycles. The molecule has 0 amide bonds. The summed E-state index contributed by atoms with van der Waals surface area (Å²) < 4.78 is 50.2. The van der Waals surface area contributed by atoms with E-state index in [1.807, 2.05) is 12.1 Å². The Morgan fingerprint density at radius 1 is 0.806 bits per heavy atom. The van der Waals surface area contributed by atoms with Crippen LogP contribution in [-0.4, -0.2) is 0 Å². The van der Waals surface area contributed by atoms with E-state index in [-0.39, 0.29) is 23.9 Å². The van der Waals surface area contributed by atoms with E-state index < -0.39 is 11.6 Å². The zero-order valence-corrected chi connectivity index (χ0v) is 21.5. The lowest BCUT2D eigenvalue weighted by atomic mass is 9.77. The minimum atomic E-state index is -0.772. The Balaban J connectivity index is 1.39. The van der Waals surface area contributed by atoms with Crippen LogP contribution in [0, 0.1) is 23.4 Å². The molecule has 0 unspecified atom stereocenters. The van der Waals surface area contributed by atoms with Crippen LogP contribution in [0.2, 0.25) is 0 Å². The van der Waals surface area contributed by atoms with Crippen LogP contribution in [0.5, 0.6) is 5.75 Å². The van der Waals surface area contributed by atoms with Crippen molar-refractivity contribution in [1.82, 2.24) is 0 Å². The van der Waals surface area contributed by atoms with Gasteiger partial charge < -0.3 is 4.74 Å². The van der Waals surface area contributed by atoms with Crippen molar-refractivity contribution in [2.75, 3.05) is 0 Å². The van der Waals surface area contributed by atoms with Crippen LogP contribution in [0.25, 0.3) is 11.1 Å². The number of halogens is 3. The molecule has 0 bridgehead atoms. The van der Waals surface area contributed by atoms with E-state index in [0.29, 0.717) is 22.4 Å². The SMILES string of the molecule is CCCCc1ccc(OCc2ccc(-c3ccc(C4CCC(CCC)CC4)c(F)c3F)cc2)cc1F. The molecule has 36 heavy (non-hydrogen) atoms. The third kappa shape index (κ3) is 6.32. The second-order valence-corrected chi connectivity index (χ2v) is 10.2. The Kier molecular flexibility index (Phi) is 9.12. The van der Waals surface area contributed by atoms with Gasteiger partial charge in [-0.1, -0.05) is 75.6 Å². The maximum absolute atomic E-state index is 15.1. The van der Waals surface area contributed by atoms with Crippen LogP contribution in [0.1, 0.15) is 87.8 Å². The second-order valence-electron chi connectivity index (χ2n) is 10.2. The normalized spacial score (nSPS) is 17.8. The molecule has 1 aliphatic rings. The molecule has 0 N–H and O–H groups in total. The van der Waals surface area contributed by atoms with E-state index in [4.69, 9.17) is 4.74 Å². The van der Waals surface area contributed by atoms with Gasteiger partial charge in [0.15, 0.2) is 11.6 Å². The molecule has 4 rings (SSSR count). The number of ether oxygens (including phenoxy) is 1. The number of benzene rings is 3. The first-order valence-electron chi connectivity index (χ1n) is 13.5. The molecule has 1 nitrogen and oxygen atoms in total. The lowest BCUT2D eigenvalue weighted by Gasteiger charge is -2.29. The van der Waals surface area contributed by atoms with Gasteiger partial charge in [-0.3, -0.25) is 0 Å². The van der Waals surface area contributed by atoms with Crippen molar-refractivity contribution in [3.63, 3.8) is 0 Å². The standard InChI is InChI=1S/C32H37F3O/c1-3-5-7-26-16-17-27(20-30(26)33)36-21-23-10-14-25(15-11-23)29-19-18-28(31(34)32(29)35)24-12-8-22(6-4-2)9-13-24/h10-11,14-20,22,24H,3-9,12-13,21H2,1-2H3. The van der Waals surface area contributed by atoms with Crippen molar-refractivity contribution in [3.8, 4) is 16.9 Å². The van der Waals surface area contributed by atoms with Crippen molar-refractivity contribution in [2.24, 2.45) is 5.92 Å². The summed E-state index contributed by atoms with van der Waals surface area (Å²) in [5.41, 5.74) is 2.99. The third-order valence-corrected chi connectivity index (χ3v) is 7.59. The van der Waals surface area contributed by atoms with Crippen LogP contribution < -0.4 is 4.74 Å². The molecule has 3 aromatic carbocycles. The average Bonchev–Trinajstić information content (AvgIpc) is 2.90. The quantitative estimate of drug-likeness (QED) is 0.272. The number of hydrogen-bond donors (Lipinski definition) is 0. The largest absolute Gasteiger partial charge is 0.489 e. The fourth-order valence-corrected chi connectivity index (χ4v) is 5.41. The number of aryl methyl sites for hydroxylation is 1. The van der Waals surface area contributed by atoms with Crippen LogP contribution in [-0.2, 0) is 13.0 Å². The summed E-state index contributed by atoms with van der Waals surface area (Å²) in [4.78, 5) is 0. The molecule has 1 fully saturated rings. The zero-order valence-electron chi connectivity index (χ0n) is 21.5. The number of unbranched alkanes of at least 4 members (excludes halogenated alkanes) is 1. The summed E-state index contributed by atoms with van der Waals surface area (Å²) in [6.07, 6.45) is 9.17. The van der Waals surface area contributed by atoms with Gasteiger partial charge in [-0.05, 0) is 78.7 Å². The molecule has 0 spiro atoms. The van der Waals surface area contributed by atoms with E-state index in [1.165, 1.54) is 18.9 Å². The molecule has 4 heteroatoms. The van der Waals surface area contributed by atoms with Gasteiger partial charge in [0, 0.05) is 11.6 Å². The Labute approximate surface area is 213 Å². The van der Waals surface area contributed by atoms with Crippen molar-refractivity contribution < 1.29 is 17.9 Å². The predicted molar refractivity (Wildman–Crippen MR) is 141 cm³/mol. The summed E-state index contributed by atoms with van der Waals surface area (Å²) in [6.45, 7) is 4.55. The van der Waals surface area contributed by atoms with Gasteiger partial charge in [-0.25, -0.2) is 13.2 Å². The fraction of sp³-hybridized carbons (Fsp3) is 0.438. The molecular weight excluding hydrogens is 457 g/mol. The first-order valence-corrected chi connectivity index (χ1v) is 13.5. The fourth-order valence-electron chi connectivity index (χ4n) is 5.41. The Morgan fingerprint density at radius 3 is 2.22 bits per heavy atom. The minimum absolute atomic E-state index is 0.103. The number of rotatable bonds is 10. The lowest BCUT2D eigenvalue weighted by molar-refractivity contribution is 0.303. The Bertz CT molecular complexity index is 1130. The molecule has 0 saturated heterocycles.